The Balaban J connectivity index is 3.36. The second kappa shape index (κ2) is 5.79. The predicted octanol–water partition coefficient (Wildman–Crippen LogP) is 3.28. The molecule has 0 N–H and O–H groups in total. The molecule has 0 atom stereocenters. The molecule has 0 aromatic heterocycles. The van der Waals surface area contributed by atoms with E-state index in [0.29, 0.717) is 11.8 Å². The van der Waals surface area contributed by atoms with Crippen molar-refractivity contribution in [1.29, 1.82) is 0 Å². The number of esters is 1. The highest BCUT2D eigenvalue weighted by atomic mass is 16.5. The number of ether oxygens (including phenoxy) is 1. The maximum Gasteiger partial charge on any atom is 0.310 e. The first kappa shape index (κ1) is 12.2. The van der Waals surface area contributed by atoms with Gasteiger partial charge in [-0.3, -0.25) is 4.79 Å². The number of hydrogen-bond donors (Lipinski definition) is 0. The molecule has 0 amide bonds. The summed E-state index contributed by atoms with van der Waals surface area (Å²) < 4.78 is 4.60. The zero-order chi connectivity index (χ0) is 10.3. The molecule has 2 nitrogen and oxygen atoms in total. The lowest BCUT2D eigenvalue weighted by atomic mass is 9.89. The van der Waals surface area contributed by atoms with Crippen molar-refractivity contribution in [1.82, 2.24) is 0 Å². The van der Waals surface area contributed by atoms with E-state index >= 15 is 0 Å². The third-order valence-corrected chi connectivity index (χ3v) is 1.77. The van der Waals surface area contributed by atoms with Crippen molar-refractivity contribution < 1.29 is 9.53 Å². The predicted molar refractivity (Wildman–Crippen MR) is 54.2 cm³/mol. The Labute approximate surface area is 81.0 Å². The van der Waals surface area contributed by atoms with E-state index in [0.717, 1.165) is 19.3 Å². The molecule has 0 rings (SSSR count). The van der Waals surface area contributed by atoms with E-state index < -0.39 is 0 Å². The van der Waals surface area contributed by atoms with Crippen LogP contribution in [-0.4, -0.2) is 5.97 Å². The molecule has 0 unspecified atom stereocenters. The molecule has 0 aliphatic carbocycles. The molecule has 0 spiro atoms. The molecule has 0 aliphatic heterocycles. The van der Waals surface area contributed by atoms with Gasteiger partial charge in [-0.25, -0.2) is 0 Å². The van der Waals surface area contributed by atoms with Crippen LogP contribution in [0.4, 0.5) is 0 Å². The summed E-state index contributed by atoms with van der Waals surface area (Å²) in [5, 5.41) is 0. The number of hydrogen-bond acceptors (Lipinski definition) is 2. The Bertz CT molecular complexity index is 165. The average molecular weight is 184 g/mol. The monoisotopic (exact) mass is 184 g/mol. The summed E-state index contributed by atoms with van der Waals surface area (Å²) >= 11 is 0. The largest absolute Gasteiger partial charge is 0.435 e. The topological polar surface area (TPSA) is 26.3 Å². The number of rotatable bonds is 5. The molecule has 0 aromatic carbocycles. The van der Waals surface area contributed by atoms with Gasteiger partial charge in [0.15, 0.2) is 0 Å². The summed E-state index contributed by atoms with van der Waals surface area (Å²) in [7, 11) is 0. The van der Waals surface area contributed by atoms with Crippen molar-refractivity contribution in [2.45, 2.75) is 46.5 Å². The SMILES string of the molecule is C=COC(=O)CCCCC(C)(C)C. The van der Waals surface area contributed by atoms with Crippen LogP contribution < -0.4 is 0 Å². The molecule has 0 saturated heterocycles. The third-order valence-electron chi connectivity index (χ3n) is 1.77. The Morgan fingerprint density at radius 2 is 2.00 bits per heavy atom. The van der Waals surface area contributed by atoms with Gasteiger partial charge in [0.2, 0.25) is 0 Å². The first-order chi connectivity index (χ1) is 5.95. The molecular weight excluding hydrogens is 164 g/mol. The van der Waals surface area contributed by atoms with Gasteiger partial charge in [0.25, 0.3) is 0 Å². The molecule has 76 valence electrons. The summed E-state index contributed by atoms with van der Waals surface area (Å²) in [5.41, 5.74) is 0.363. The van der Waals surface area contributed by atoms with Crippen LogP contribution in [0.5, 0.6) is 0 Å². The van der Waals surface area contributed by atoms with Gasteiger partial charge >= 0.3 is 5.97 Å². The Hall–Kier alpha value is -0.790. The van der Waals surface area contributed by atoms with E-state index in [9.17, 15) is 4.79 Å². The van der Waals surface area contributed by atoms with Crippen molar-refractivity contribution in [2.75, 3.05) is 0 Å². The summed E-state index contributed by atoms with van der Waals surface area (Å²) in [6.07, 6.45) is 4.82. The molecule has 2 heteroatoms. The third kappa shape index (κ3) is 9.12. The zero-order valence-electron chi connectivity index (χ0n) is 8.93. The van der Waals surface area contributed by atoms with Gasteiger partial charge in [-0.2, -0.15) is 0 Å². The standard InChI is InChI=1S/C11H20O2/c1-5-13-10(12)8-6-7-9-11(2,3)4/h5H,1,6-9H2,2-4H3. The van der Waals surface area contributed by atoms with Crippen LogP contribution in [0.25, 0.3) is 0 Å². The molecular formula is C11H20O2. The molecule has 0 saturated carbocycles. The maximum atomic E-state index is 10.9. The van der Waals surface area contributed by atoms with Crippen LogP contribution in [0.3, 0.4) is 0 Å². The second-order valence-corrected chi connectivity index (χ2v) is 4.42. The fourth-order valence-electron chi connectivity index (χ4n) is 1.08. The highest BCUT2D eigenvalue weighted by molar-refractivity contribution is 5.69. The van der Waals surface area contributed by atoms with Gasteiger partial charge in [0.05, 0.1) is 6.26 Å². The van der Waals surface area contributed by atoms with E-state index in [-0.39, 0.29) is 5.97 Å². The van der Waals surface area contributed by atoms with Gasteiger partial charge in [-0.15, -0.1) is 0 Å². The molecule has 0 fully saturated rings. The highest BCUT2D eigenvalue weighted by Gasteiger charge is 2.09. The fourth-order valence-corrected chi connectivity index (χ4v) is 1.08. The van der Waals surface area contributed by atoms with Crippen molar-refractivity contribution in [2.24, 2.45) is 5.41 Å². The Morgan fingerprint density at radius 1 is 1.38 bits per heavy atom. The van der Waals surface area contributed by atoms with Crippen LogP contribution in [0.15, 0.2) is 12.8 Å². The zero-order valence-corrected chi connectivity index (χ0v) is 8.93. The Kier molecular flexibility index (Phi) is 5.44. The molecule has 0 radical (unpaired) electrons. The minimum Gasteiger partial charge on any atom is -0.435 e. The smallest absolute Gasteiger partial charge is 0.310 e. The fraction of sp³-hybridized carbons (Fsp3) is 0.727. The van der Waals surface area contributed by atoms with Gasteiger partial charge in [-0.1, -0.05) is 33.8 Å². The van der Waals surface area contributed by atoms with Crippen LogP contribution in [-0.2, 0) is 9.53 Å². The quantitative estimate of drug-likeness (QED) is 0.372. The first-order valence-electron chi connectivity index (χ1n) is 4.76. The molecule has 0 heterocycles. The van der Waals surface area contributed by atoms with E-state index in [1.165, 1.54) is 6.26 Å². The van der Waals surface area contributed by atoms with Gasteiger partial charge in [0, 0.05) is 6.42 Å². The van der Waals surface area contributed by atoms with Gasteiger partial charge < -0.3 is 4.74 Å². The number of carbonyl (C=O) groups is 1. The second-order valence-electron chi connectivity index (χ2n) is 4.42. The molecule has 0 aliphatic rings. The van der Waals surface area contributed by atoms with Crippen molar-refractivity contribution >= 4 is 5.97 Å². The van der Waals surface area contributed by atoms with Crippen molar-refractivity contribution in [3.05, 3.63) is 12.8 Å². The number of carbonyl (C=O) groups excluding carboxylic acids is 1. The average Bonchev–Trinajstić information content (AvgIpc) is 1.97. The van der Waals surface area contributed by atoms with E-state index in [1.54, 1.807) is 0 Å². The lowest BCUT2D eigenvalue weighted by Gasteiger charge is -2.17. The van der Waals surface area contributed by atoms with Crippen molar-refractivity contribution in [3.8, 4) is 0 Å². The molecule has 0 aromatic rings. The van der Waals surface area contributed by atoms with Crippen LogP contribution in [0, 0.1) is 5.41 Å². The summed E-state index contributed by atoms with van der Waals surface area (Å²) in [6, 6.07) is 0. The lowest BCUT2D eigenvalue weighted by Crippen LogP contribution is -2.05. The normalized spacial score (nSPS) is 11.0. The van der Waals surface area contributed by atoms with E-state index in [4.69, 9.17) is 0 Å². The minimum absolute atomic E-state index is 0.177. The van der Waals surface area contributed by atoms with Crippen LogP contribution in [0.1, 0.15) is 46.5 Å². The van der Waals surface area contributed by atoms with Crippen LogP contribution >= 0.6 is 0 Å². The summed E-state index contributed by atoms with van der Waals surface area (Å²) in [6.45, 7) is 9.94. The summed E-state index contributed by atoms with van der Waals surface area (Å²) in [4.78, 5) is 10.9. The van der Waals surface area contributed by atoms with E-state index in [1.807, 2.05) is 0 Å². The lowest BCUT2D eigenvalue weighted by molar-refractivity contribution is -0.138. The van der Waals surface area contributed by atoms with Crippen LogP contribution in [0.2, 0.25) is 0 Å². The maximum absolute atomic E-state index is 10.9. The highest BCUT2D eigenvalue weighted by Crippen LogP contribution is 2.21. The van der Waals surface area contributed by atoms with E-state index in [2.05, 4.69) is 32.1 Å². The molecule has 13 heavy (non-hydrogen) atoms. The Morgan fingerprint density at radius 3 is 2.46 bits per heavy atom. The van der Waals surface area contributed by atoms with Gasteiger partial charge in [0.1, 0.15) is 0 Å². The van der Waals surface area contributed by atoms with Gasteiger partial charge in [-0.05, 0) is 18.3 Å². The van der Waals surface area contributed by atoms with Crippen molar-refractivity contribution in [3.63, 3.8) is 0 Å². The summed E-state index contributed by atoms with van der Waals surface area (Å²) in [5.74, 6) is -0.177. The number of unbranched alkanes of at least 4 members (excludes halogenated alkanes) is 1. The first-order valence-corrected chi connectivity index (χ1v) is 4.76. The molecule has 0 bridgehead atoms. The minimum atomic E-state index is -0.177.